The second-order valence-electron chi connectivity index (χ2n) is 4.53. The van der Waals surface area contributed by atoms with E-state index in [0.29, 0.717) is 0 Å². The quantitative estimate of drug-likeness (QED) is 0.844. The second-order valence-corrected chi connectivity index (χ2v) is 4.53. The highest BCUT2D eigenvalue weighted by atomic mass is 19.4. The Morgan fingerprint density at radius 2 is 1.72 bits per heavy atom. The Kier molecular flexibility index (Phi) is 4.51. The maximum Gasteiger partial charge on any atom is 0.416 e. The van der Waals surface area contributed by atoms with Crippen LogP contribution in [0.25, 0.3) is 0 Å². The molecular weight excluding hydrogens is 243 g/mol. The van der Waals surface area contributed by atoms with Crippen LogP contribution in [0.3, 0.4) is 0 Å². The molecule has 1 aromatic carbocycles. The standard InChI is InChI=1S/C13H16F3NO/c1-8(2)11(7-17)12(18)9-3-5-10(6-4-9)13(14,15)16/h3-6,8,11H,7,17H2,1-2H3. The molecule has 1 atom stereocenters. The first-order valence-corrected chi connectivity index (χ1v) is 5.69. The average Bonchev–Trinajstić information content (AvgIpc) is 2.28. The highest BCUT2D eigenvalue weighted by molar-refractivity contribution is 5.98. The molecule has 0 radical (unpaired) electrons. The topological polar surface area (TPSA) is 43.1 Å². The van der Waals surface area contributed by atoms with Crippen LogP contribution in [-0.4, -0.2) is 12.3 Å². The van der Waals surface area contributed by atoms with Gasteiger partial charge in [-0.25, -0.2) is 0 Å². The summed E-state index contributed by atoms with van der Waals surface area (Å²) in [6.07, 6.45) is -4.38. The van der Waals surface area contributed by atoms with Gasteiger partial charge in [-0.1, -0.05) is 26.0 Å². The number of halogens is 3. The molecule has 0 aliphatic carbocycles. The molecule has 0 heterocycles. The van der Waals surface area contributed by atoms with Crippen LogP contribution in [0.15, 0.2) is 24.3 Å². The highest BCUT2D eigenvalue weighted by Gasteiger charge is 2.30. The third-order valence-corrected chi connectivity index (χ3v) is 2.89. The Morgan fingerprint density at radius 3 is 2.06 bits per heavy atom. The molecule has 0 aliphatic rings. The van der Waals surface area contributed by atoms with Crippen LogP contribution in [0, 0.1) is 11.8 Å². The Hall–Kier alpha value is -1.36. The number of Topliss-reactive ketones (excluding diaryl/α,β-unsaturated/α-hetero) is 1. The van der Waals surface area contributed by atoms with Gasteiger partial charge in [0, 0.05) is 18.0 Å². The molecule has 0 bridgehead atoms. The van der Waals surface area contributed by atoms with Gasteiger partial charge in [0.05, 0.1) is 5.56 Å². The van der Waals surface area contributed by atoms with Gasteiger partial charge in [-0.05, 0) is 18.1 Å². The van der Waals surface area contributed by atoms with Crippen LogP contribution in [0.4, 0.5) is 13.2 Å². The zero-order valence-electron chi connectivity index (χ0n) is 10.3. The lowest BCUT2D eigenvalue weighted by atomic mass is 9.88. The number of nitrogens with two attached hydrogens (primary N) is 1. The van der Waals surface area contributed by atoms with Gasteiger partial charge < -0.3 is 5.73 Å². The van der Waals surface area contributed by atoms with Gasteiger partial charge in [-0.15, -0.1) is 0 Å². The van der Waals surface area contributed by atoms with Gasteiger partial charge in [0.25, 0.3) is 0 Å². The van der Waals surface area contributed by atoms with Crippen molar-refractivity contribution in [2.75, 3.05) is 6.54 Å². The minimum absolute atomic E-state index is 0.0600. The van der Waals surface area contributed by atoms with Gasteiger partial charge in [0.15, 0.2) is 5.78 Å². The summed E-state index contributed by atoms with van der Waals surface area (Å²) in [5, 5.41) is 0. The smallest absolute Gasteiger partial charge is 0.330 e. The number of carbonyl (C=O) groups excluding carboxylic acids is 1. The summed E-state index contributed by atoms with van der Waals surface area (Å²) in [6, 6.07) is 4.24. The van der Waals surface area contributed by atoms with E-state index in [-0.39, 0.29) is 29.7 Å². The number of hydrogen-bond donors (Lipinski definition) is 1. The zero-order chi connectivity index (χ0) is 13.9. The van der Waals surface area contributed by atoms with Crippen molar-refractivity contribution in [1.29, 1.82) is 0 Å². The van der Waals surface area contributed by atoms with Crippen molar-refractivity contribution in [3.05, 3.63) is 35.4 Å². The molecule has 0 saturated carbocycles. The lowest BCUT2D eigenvalue weighted by Crippen LogP contribution is -2.28. The summed E-state index contributed by atoms with van der Waals surface area (Å²) in [7, 11) is 0. The Labute approximate surface area is 104 Å². The van der Waals surface area contributed by atoms with Crippen molar-refractivity contribution >= 4 is 5.78 Å². The molecule has 18 heavy (non-hydrogen) atoms. The molecule has 5 heteroatoms. The molecular formula is C13H16F3NO. The molecule has 2 nitrogen and oxygen atoms in total. The van der Waals surface area contributed by atoms with Gasteiger partial charge in [0.1, 0.15) is 0 Å². The fourth-order valence-corrected chi connectivity index (χ4v) is 1.72. The molecule has 0 amide bonds. The normalized spacial score (nSPS) is 13.7. The van der Waals surface area contributed by atoms with Crippen LogP contribution in [0.1, 0.15) is 29.8 Å². The number of benzene rings is 1. The monoisotopic (exact) mass is 259 g/mol. The first-order valence-electron chi connectivity index (χ1n) is 5.69. The van der Waals surface area contributed by atoms with E-state index in [0.717, 1.165) is 12.1 Å². The molecule has 0 aliphatic heterocycles. The van der Waals surface area contributed by atoms with Crippen LogP contribution >= 0.6 is 0 Å². The fourth-order valence-electron chi connectivity index (χ4n) is 1.72. The van der Waals surface area contributed by atoms with Crippen molar-refractivity contribution in [2.24, 2.45) is 17.6 Å². The zero-order valence-corrected chi connectivity index (χ0v) is 10.3. The minimum Gasteiger partial charge on any atom is -0.330 e. The number of rotatable bonds is 4. The van der Waals surface area contributed by atoms with E-state index >= 15 is 0 Å². The summed E-state index contributed by atoms with van der Waals surface area (Å²) in [5.41, 5.74) is 5.02. The van der Waals surface area contributed by atoms with Crippen molar-refractivity contribution < 1.29 is 18.0 Å². The van der Waals surface area contributed by atoms with Gasteiger partial charge in [0.2, 0.25) is 0 Å². The van der Waals surface area contributed by atoms with Gasteiger partial charge in [-0.3, -0.25) is 4.79 Å². The fraction of sp³-hybridized carbons (Fsp3) is 0.462. The first-order chi connectivity index (χ1) is 8.27. The summed E-state index contributed by atoms with van der Waals surface area (Å²) < 4.78 is 37.1. The van der Waals surface area contributed by atoms with Crippen LogP contribution in [0.5, 0.6) is 0 Å². The van der Waals surface area contributed by atoms with E-state index in [9.17, 15) is 18.0 Å². The molecule has 0 spiro atoms. The second kappa shape index (κ2) is 5.52. The molecule has 1 aromatic rings. The average molecular weight is 259 g/mol. The van der Waals surface area contributed by atoms with Gasteiger partial charge in [-0.2, -0.15) is 13.2 Å². The molecule has 1 unspecified atom stereocenters. The van der Waals surface area contributed by atoms with Crippen LogP contribution in [0.2, 0.25) is 0 Å². The van der Waals surface area contributed by atoms with E-state index in [1.807, 2.05) is 13.8 Å². The van der Waals surface area contributed by atoms with Gasteiger partial charge >= 0.3 is 6.18 Å². The predicted octanol–water partition coefficient (Wildman–Crippen LogP) is 3.12. The van der Waals surface area contributed by atoms with E-state index in [4.69, 9.17) is 5.73 Å². The number of ketones is 1. The van der Waals surface area contributed by atoms with Crippen molar-refractivity contribution in [2.45, 2.75) is 20.0 Å². The van der Waals surface area contributed by atoms with Crippen LogP contribution < -0.4 is 5.73 Å². The van der Waals surface area contributed by atoms with E-state index in [1.54, 1.807) is 0 Å². The van der Waals surface area contributed by atoms with Crippen molar-refractivity contribution in [1.82, 2.24) is 0 Å². The van der Waals surface area contributed by atoms with E-state index in [1.165, 1.54) is 12.1 Å². The largest absolute Gasteiger partial charge is 0.416 e. The third-order valence-electron chi connectivity index (χ3n) is 2.89. The lowest BCUT2D eigenvalue weighted by Gasteiger charge is -2.17. The minimum atomic E-state index is -4.38. The summed E-state index contributed by atoms with van der Waals surface area (Å²) in [5.74, 6) is -0.507. The molecule has 100 valence electrons. The Bertz CT molecular complexity index is 409. The molecule has 0 fully saturated rings. The van der Waals surface area contributed by atoms with E-state index < -0.39 is 11.7 Å². The molecule has 2 N–H and O–H groups in total. The molecule has 1 rings (SSSR count). The Morgan fingerprint density at radius 1 is 1.22 bits per heavy atom. The maximum absolute atomic E-state index is 12.4. The number of alkyl halides is 3. The van der Waals surface area contributed by atoms with E-state index in [2.05, 4.69) is 0 Å². The number of carbonyl (C=O) groups is 1. The third kappa shape index (κ3) is 3.32. The first kappa shape index (κ1) is 14.7. The highest BCUT2D eigenvalue weighted by Crippen LogP contribution is 2.29. The van der Waals surface area contributed by atoms with Crippen LogP contribution in [-0.2, 0) is 6.18 Å². The predicted molar refractivity (Wildman–Crippen MR) is 63.2 cm³/mol. The van der Waals surface area contributed by atoms with Crippen molar-refractivity contribution in [3.63, 3.8) is 0 Å². The number of hydrogen-bond acceptors (Lipinski definition) is 2. The summed E-state index contributed by atoms with van der Waals surface area (Å²) in [4.78, 5) is 12.0. The summed E-state index contributed by atoms with van der Waals surface area (Å²) in [6.45, 7) is 3.91. The SMILES string of the molecule is CC(C)C(CN)C(=O)c1ccc(C(F)(F)F)cc1. The Balaban J connectivity index is 2.95. The lowest BCUT2D eigenvalue weighted by molar-refractivity contribution is -0.137. The molecule has 0 saturated heterocycles. The molecule has 0 aromatic heterocycles. The maximum atomic E-state index is 12.4. The van der Waals surface area contributed by atoms with Crippen molar-refractivity contribution in [3.8, 4) is 0 Å². The summed E-state index contributed by atoms with van der Waals surface area (Å²) >= 11 is 0.